The maximum absolute atomic E-state index is 12.7. The number of aromatic nitrogens is 4. The number of amides is 1. The molecule has 0 saturated carbocycles. The predicted molar refractivity (Wildman–Crippen MR) is 97.4 cm³/mol. The molecule has 0 bridgehead atoms. The smallest absolute Gasteiger partial charge is 0.255 e. The molecule has 3 aromatic heterocycles. The van der Waals surface area contributed by atoms with Gasteiger partial charge in [-0.2, -0.15) is 5.10 Å². The van der Waals surface area contributed by atoms with Crippen LogP contribution in [0.25, 0.3) is 5.82 Å². The Labute approximate surface area is 152 Å². The van der Waals surface area contributed by atoms with Crippen LogP contribution in [0.15, 0.2) is 48.9 Å². The first-order chi connectivity index (χ1) is 12.6. The molecule has 0 spiro atoms. The SMILES string of the molecule is COc1ccc(CNC(=O)c2cnn(-c3ccccn3)c2C(C)C)cn1. The van der Waals surface area contributed by atoms with Crippen molar-refractivity contribution in [3.63, 3.8) is 0 Å². The molecule has 26 heavy (non-hydrogen) atoms. The fourth-order valence-corrected chi connectivity index (χ4v) is 2.66. The van der Waals surface area contributed by atoms with E-state index in [1.165, 1.54) is 0 Å². The summed E-state index contributed by atoms with van der Waals surface area (Å²) in [6, 6.07) is 9.24. The van der Waals surface area contributed by atoms with Crippen molar-refractivity contribution in [1.82, 2.24) is 25.1 Å². The Kier molecular flexibility index (Phi) is 5.26. The summed E-state index contributed by atoms with van der Waals surface area (Å²) in [5, 5.41) is 7.29. The van der Waals surface area contributed by atoms with E-state index in [-0.39, 0.29) is 11.8 Å². The molecular formula is C19H21N5O2. The third-order valence-electron chi connectivity index (χ3n) is 3.92. The predicted octanol–water partition coefficient (Wildman–Crippen LogP) is 2.72. The first-order valence-electron chi connectivity index (χ1n) is 8.36. The lowest BCUT2D eigenvalue weighted by Crippen LogP contribution is -2.24. The van der Waals surface area contributed by atoms with Crippen LogP contribution in [0.1, 0.15) is 41.4 Å². The molecule has 0 radical (unpaired) electrons. The summed E-state index contributed by atoms with van der Waals surface area (Å²) in [6.45, 7) is 4.43. The molecule has 3 aromatic rings. The maximum atomic E-state index is 12.7. The molecule has 0 fully saturated rings. The Bertz CT molecular complexity index is 873. The van der Waals surface area contributed by atoms with Crippen molar-refractivity contribution in [3.05, 3.63) is 65.7 Å². The Morgan fingerprint density at radius 3 is 2.65 bits per heavy atom. The number of hydrogen-bond donors (Lipinski definition) is 1. The first kappa shape index (κ1) is 17.6. The van der Waals surface area contributed by atoms with E-state index in [1.54, 1.807) is 36.4 Å². The van der Waals surface area contributed by atoms with Crippen LogP contribution < -0.4 is 10.1 Å². The van der Waals surface area contributed by atoms with Crippen molar-refractivity contribution >= 4 is 5.91 Å². The lowest BCUT2D eigenvalue weighted by atomic mass is 10.1. The van der Waals surface area contributed by atoms with Gasteiger partial charge in [0.25, 0.3) is 5.91 Å². The molecule has 1 amide bonds. The van der Waals surface area contributed by atoms with Crippen molar-refractivity contribution in [2.75, 3.05) is 7.11 Å². The molecule has 0 unspecified atom stereocenters. The molecule has 7 heteroatoms. The van der Waals surface area contributed by atoms with Crippen LogP contribution in [0.3, 0.4) is 0 Å². The van der Waals surface area contributed by atoms with Crippen LogP contribution >= 0.6 is 0 Å². The number of pyridine rings is 2. The number of nitrogens with one attached hydrogen (secondary N) is 1. The minimum Gasteiger partial charge on any atom is -0.481 e. The fraction of sp³-hybridized carbons (Fsp3) is 0.263. The highest BCUT2D eigenvalue weighted by atomic mass is 16.5. The number of nitrogens with zero attached hydrogens (tertiary/aromatic N) is 4. The second-order valence-electron chi connectivity index (χ2n) is 6.09. The quantitative estimate of drug-likeness (QED) is 0.738. The number of carbonyl (C=O) groups excluding carboxylic acids is 1. The second kappa shape index (κ2) is 7.77. The van der Waals surface area contributed by atoms with Crippen molar-refractivity contribution in [2.24, 2.45) is 0 Å². The van der Waals surface area contributed by atoms with Gasteiger partial charge in [-0.3, -0.25) is 4.79 Å². The molecule has 1 N–H and O–H groups in total. The molecule has 7 nitrogen and oxygen atoms in total. The third kappa shape index (κ3) is 3.72. The minimum atomic E-state index is -0.174. The minimum absolute atomic E-state index is 0.114. The van der Waals surface area contributed by atoms with Gasteiger partial charge in [-0.1, -0.05) is 26.0 Å². The van der Waals surface area contributed by atoms with Crippen LogP contribution in [-0.2, 0) is 6.54 Å². The zero-order valence-electron chi connectivity index (χ0n) is 15.0. The topological polar surface area (TPSA) is 81.9 Å². The number of carbonyl (C=O) groups is 1. The summed E-state index contributed by atoms with van der Waals surface area (Å²) in [5.41, 5.74) is 2.27. The molecule has 134 valence electrons. The fourth-order valence-electron chi connectivity index (χ4n) is 2.66. The zero-order valence-corrected chi connectivity index (χ0v) is 15.0. The largest absolute Gasteiger partial charge is 0.481 e. The van der Waals surface area contributed by atoms with Crippen molar-refractivity contribution in [1.29, 1.82) is 0 Å². The van der Waals surface area contributed by atoms with E-state index in [1.807, 2.05) is 38.1 Å². The second-order valence-corrected chi connectivity index (χ2v) is 6.09. The zero-order chi connectivity index (χ0) is 18.5. The highest BCUT2D eigenvalue weighted by Crippen LogP contribution is 2.22. The third-order valence-corrected chi connectivity index (χ3v) is 3.92. The van der Waals surface area contributed by atoms with Gasteiger partial charge < -0.3 is 10.1 Å². The van der Waals surface area contributed by atoms with E-state index in [4.69, 9.17) is 4.74 Å². The van der Waals surface area contributed by atoms with E-state index in [2.05, 4.69) is 20.4 Å². The number of methoxy groups -OCH3 is 1. The lowest BCUT2D eigenvalue weighted by Gasteiger charge is -2.12. The summed E-state index contributed by atoms with van der Waals surface area (Å²) in [5.74, 6) is 1.17. The molecule has 0 aliphatic heterocycles. The molecular weight excluding hydrogens is 330 g/mol. The van der Waals surface area contributed by atoms with E-state index in [9.17, 15) is 4.79 Å². The Morgan fingerprint density at radius 1 is 1.19 bits per heavy atom. The first-order valence-corrected chi connectivity index (χ1v) is 8.36. The van der Waals surface area contributed by atoms with E-state index < -0.39 is 0 Å². The van der Waals surface area contributed by atoms with Gasteiger partial charge in [-0.25, -0.2) is 14.6 Å². The van der Waals surface area contributed by atoms with E-state index >= 15 is 0 Å². The highest BCUT2D eigenvalue weighted by Gasteiger charge is 2.21. The van der Waals surface area contributed by atoms with Gasteiger partial charge in [0.15, 0.2) is 5.82 Å². The molecule has 0 aliphatic rings. The molecule has 0 aromatic carbocycles. The van der Waals surface area contributed by atoms with Crippen LogP contribution in [0.4, 0.5) is 0 Å². The molecule has 0 aliphatic carbocycles. The van der Waals surface area contributed by atoms with Crippen LogP contribution in [0, 0.1) is 0 Å². The summed E-state index contributed by atoms with van der Waals surface area (Å²) in [6.07, 6.45) is 4.98. The van der Waals surface area contributed by atoms with E-state index in [0.717, 1.165) is 11.3 Å². The average Bonchev–Trinajstić information content (AvgIpc) is 3.13. The molecule has 3 heterocycles. The summed E-state index contributed by atoms with van der Waals surface area (Å²) < 4.78 is 6.75. The summed E-state index contributed by atoms with van der Waals surface area (Å²) in [4.78, 5) is 21.1. The monoisotopic (exact) mass is 351 g/mol. The van der Waals surface area contributed by atoms with Crippen molar-refractivity contribution in [2.45, 2.75) is 26.3 Å². The lowest BCUT2D eigenvalue weighted by molar-refractivity contribution is 0.0949. The van der Waals surface area contributed by atoms with Gasteiger partial charge in [0, 0.05) is 25.0 Å². The van der Waals surface area contributed by atoms with Gasteiger partial charge in [0.2, 0.25) is 5.88 Å². The maximum Gasteiger partial charge on any atom is 0.255 e. The summed E-state index contributed by atoms with van der Waals surface area (Å²) in [7, 11) is 1.57. The Morgan fingerprint density at radius 2 is 2.04 bits per heavy atom. The number of hydrogen-bond acceptors (Lipinski definition) is 5. The molecule has 0 atom stereocenters. The van der Waals surface area contributed by atoms with Gasteiger partial charge in [0.1, 0.15) is 0 Å². The average molecular weight is 351 g/mol. The van der Waals surface area contributed by atoms with Gasteiger partial charge in [0.05, 0.1) is 24.6 Å². The van der Waals surface area contributed by atoms with Crippen LogP contribution in [0.2, 0.25) is 0 Å². The molecule has 0 saturated heterocycles. The molecule has 3 rings (SSSR count). The number of rotatable bonds is 6. The number of ether oxygens (including phenoxy) is 1. The van der Waals surface area contributed by atoms with Crippen LogP contribution in [-0.4, -0.2) is 32.8 Å². The van der Waals surface area contributed by atoms with E-state index in [0.29, 0.717) is 23.8 Å². The van der Waals surface area contributed by atoms with Gasteiger partial charge >= 0.3 is 0 Å². The highest BCUT2D eigenvalue weighted by molar-refractivity contribution is 5.95. The van der Waals surface area contributed by atoms with Gasteiger partial charge in [-0.05, 0) is 23.6 Å². The summed E-state index contributed by atoms with van der Waals surface area (Å²) >= 11 is 0. The van der Waals surface area contributed by atoms with Crippen molar-refractivity contribution < 1.29 is 9.53 Å². The Balaban J connectivity index is 1.79. The standard InChI is InChI=1S/C19H21N5O2/c1-13(2)18-15(12-23-24(18)16-6-4-5-9-20-16)19(25)22-11-14-7-8-17(26-3)21-10-14/h4-10,12-13H,11H2,1-3H3,(H,22,25). The van der Waals surface area contributed by atoms with Crippen molar-refractivity contribution in [3.8, 4) is 11.7 Å². The Hall–Kier alpha value is -3.22. The van der Waals surface area contributed by atoms with Crippen LogP contribution in [0.5, 0.6) is 5.88 Å². The van der Waals surface area contributed by atoms with Gasteiger partial charge in [-0.15, -0.1) is 0 Å². The normalized spacial score (nSPS) is 10.8.